The standard InChI is InChI=1S/C14H21NO/c1-12(11-13-5-3-2-4-6-13)15-9-7-14(16)8-10-15/h2-6,12,14,16H,7-11H2,1H3/t12-/m1/s1. The number of rotatable bonds is 3. The molecule has 0 spiro atoms. The number of piperidine rings is 1. The summed E-state index contributed by atoms with van der Waals surface area (Å²) in [4.78, 5) is 2.49. The predicted octanol–water partition coefficient (Wildman–Crippen LogP) is 2.07. The fourth-order valence-corrected chi connectivity index (χ4v) is 2.41. The highest BCUT2D eigenvalue weighted by molar-refractivity contribution is 5.15. The molecule has 0 aliphatic carbocycles. The zero-order valence-corrected chi connectivity index (χ0v) is 9.97. The fraction of sp³-hybridized carbons (Fsp3) is 0.571. The molecule has 2 rings (SSSR count). The summed E-state index contributed by atoms with van der Waals surface area (Å²) in [5.41, 5.74) is 1.40. The van der Waals surface area contributed by atoms with Gasteiger partial charge >= 0.3 is 0 Å². The molecule has 1 aliphatic heterocycles. The summed E-state index contributed by atoms with van der Waals surface area (Å²) in [5.74, 6) is 0. The largest absolute Gasteiger partial charge is 0.393 e. The quantitative estimate of drug-likeness (QED) is 0.841. The molecule has 2 nitrogen and oxygen atoms in total. The summed E-state index contributed by atoms with van der Waals surface area (Å²) < 4.78 is 0. The summed E-state index contributed by atoms with van der Waals surface area (Å²) >= 11 is 0. The highest BCUT2D eigenvalue weighted by Gasteiger charge is 2.20. The van der Waals surface area contributed by atoms with Crippen LogP contribution in [0, 0.1) is 0 Å². The average Bonchev–Trinajstić information content (AvgIpc) is 2.31. The second-order valence-electron chi connectivity index (χ2n) is 4.81. The molecule has 0 radical (unpaired) electrons. The lowest BCUT2D eigenvalue weighted by Crippen LogP contribution is -2.42. The van der Waals surface area contributed by atoms with E-state index >= 15 is 0 Å². The SMILES string of the molecule is C[C@H](Cc1ccccc1)N1CCC(O)CC1. The van der Waals surface area contributed by atoms with Crippen molar-refractivity contribution in [3.63, 3.8) is 0 Å². The Balaban J connectivity index is 1.86. The molecule has 1 atom stereocenters. The Bertz CT molecular complexity index is 304. The Labute approximate surface area is 97.9 Å². The summed E-state index contributed by atoms with van der Waals surface area (Å²) in [6.45, 7) is 4.36. The molecule has 0 saturated carbocycles. The molecule has 1 saturated heterocycles. The minimum atomic E-state index is -0.0693. The molecule has 1 aliphatic rings. The van der Waals surface area contributed by atoms with Gasteiger partial charge in [-0.25, -0.2) is 0 Å². The van der Waals surface area contributed by atoms with E-state index in [2.05, 4.69) is 42.2 Å². The van der Waals surface area contributed by atoms with Crippen LogP contribution in [0.4, 0.5) is 0 Å². The normalized spacial score (nSPS) is 20.9. The van der Waals surface area contributed by atoms with Crippen LogP contribution in [-0.4, -0.2) is 35.2 Å². The molecule has 1 heterocycles. The number of hydrogen-bond donors (Lipinski definition) is 1. The molecule has 0 bridgehead atoms. The van der Waals surface area contributed by atoms with Gasteiger partial charge in [0.25, 0.3) is 0 Å². The van der Waals surface area contributed by atoms with Crippen LogP contribution in [0.15, 0.2) is 30.3 Å². The second-order valence-corrected chi connectivity index (χ2v) is 4.81. The van der Waals surface area contributed by atoms with Crippen molar-refractivity contribution in [3.05, 3.63) is 35.9 Å². The lowest BCUT2D eigenvalue weighted by atomic mass is 10.0. The fourth-order valence-electron chi connectivity index (χ4n) is 2.41. The molecule has 1 N–H and O–H groups in total. The summed E-state index contributed by atoms with van der Waals surface area (Å²) in [7, 11) is 0. The van der Waals surface area contributed by atoms with E-state index in [-0.39, 0.29) is 6.10 Å². The van der Waals surface area contributed by atoms with E-state index in [0.29, 0.717) is 6.04 Å². The summed E-state index contributed by atoms with van der Waals surface area (Å²) in [6, 6.07) is 11.2. The van der Waals surface area contributed by atoms with Gasteiger partial charge in [-0.2, -0.15) is 0 Å². The predicted molar refractivity (Wildman–Crippen MR) is 66.4 cm³/mol. The van der Waals surface area contributed by atoms with Crippen LogP contribution < -0.4 is 0 Å². The van der Waals surface area contributed by atoms with E-state index in [9.17, 15) is 5.11 Å². The van der Waals surface area contributed by atoms with Gasteiger partial charge in [-0.15, -0.1) is 0 Å². The minimum Gasteiger partial charge on any atom is -0.393 e. The highest BCUT2D eigenvalue weighted by atomic mass is 16.3. The van der Waals surface area contributed by atoms with E-state index in [1.807, 2.05) is 0 Å². The van der Waals surface area contributed by atoms with Gasteiger partial charge in [0.05, 0.1) is 6.10 Å². The van der Waals surface area contributed by atoms with Crippen LogP contribution in [0.2, 0.25) is 0 Å². The first kappa shape index (κ1) is 11.6. The van der Waals surface area contributed by atoms with Crippen LogP contribution in [0.5, 0.6) is 0 Å². The van der Waals surface area contributed by atoms with Gasteiger partial charge < -0.3 is 10.0 Å². The van der Waals surface area contributed by atoms with Crippen molar-refractivity contribution < 1.29 is 5.11 Å². The number of benzene rings is 1. The minimum absolute atomic E-state index is 0.0693. The smallest absolute Gasteiger partial charge is 0.0564 e. The van der Waals surface area contributed by atoms with Crippen molar-refractivity contribution in [1.29, 1.82) is 0 Å². The van der Waals surface area contributed by atoms with Crippen molar-refractivity contribution in [2.45, 2.75) is 38.3 Å². The van der Waals surface area contributed by atoms with Crippen LogP contribution in [-0.2, 0) is 6.42 Å². The second kappa shape index (κ2) is 5.46. The molecular formula is C14H21NO. The first-order chi connectivity index (χ1) is 7.75. The van der Waals surface area contributed by atoms with Crippen molar-refractivity contribution >= 4 is 0 Å². The Hall–Kier alpha value is -0.860. The van der Waals surface area contributed by atoms with Gasteiger partial charge in [-0.05, 0) is 31.7 Å². The number of likely N-dealkylation sites (tertiary alicyclic amines) is 1. The van der Waals surface area contributed by atoms with Gasteiger partial charge in [-0.3, -0.25) is 0 Å². The van der Waals surface area contributed by atoms with Gasteiger partial charge in [-0.1, -0.05) is 30.3 Å². The number of aliphatic hydroxyl groups excluding tert-OH is 1. The van der Waals surface area contributed by atoms with Crippen molar-refractivity contribution in [1.82, 2.24) is 4.90 Å². The van der Waals surface area contributed by atoms with Gasteiger partial charge in [0.15, 0.2) is 0 Å². The third kappa shape index (κ3) is 3.06. The van der Waals surface area contributed by atoms with Crippen LogP contribution >= 0.6 is 0 Å². The molecule has 1 aromatic carbocycles. The Morgan fingerprint density at radius 3 is 2.50 bits per heavy atom. The van der Waals surface area contributed by atoms with Gasteiger partial charge in [0, 0.05) is 19.1 Å². The zero-order valence-electron chi connectivity index (χ0n) is 9.97. The molecule has 16 heavy (non-hydrogen) atoms. The molecule has 1 aromatic rings. The third-order valence-corrected chi connectivity index (χ3v) is 3.50. The van der Waals surface area contributed by atoms with Crippen LogP contribution in [0.25, 0.3) is 0 Å². The first-order valence-electron chi connectivity index (χ1n) is 6.22. The topological polar surface area (TPSA) is 23.5 Å². The van der Waals surface area contributed by atoms with Crippen molar-refractivity contribution in [3.8, 4) is 0 Å². The van der Waals surface area contributed by atoms with E-state index < -0.39 is 0 Å². The Kier molecular flexibility index (Phi) is 3.97. The van der Waals surface area contributed by atoms with E-state index in [1.54, 1.807) is 0 Å². The summed E-state index contributed by atoms with van der Waals surface area (Å²) in [6.07, 6.45) is 2.90. The number of hydrogen-bond acceptors (Lipinski definition) is 2. The van der Waals surface area contributed by atoms with Crippen LogP contribution in [0.1, 0.15) is 25.3 Å². The van der Waals surface area contributed by atoms with Crippen LogP contribution in [0.3, 0.4) is 0 Å². The Morgan fingerprint density at radius 2 is 1.88 bits per heavy atom. The monoisotopic (exact) mass is 219 g/mol. The molecular weight excluding hydrogens is 198 g/mol. The van der Waals surface area contributed by atoms with E-state index in [4.69, 9.17) is 0 Å². The molecule has 2 heteroatoms. The maximum atomic E-state index is 9.47. The Morgan fingerprint density at radius 1 is 1.25 bits per heavy atom. The van der Waals surface area contributed by atoms with Gasteiger partial charge in [0.1, 0.15) is 0 Å². The molecule has 0 amide bonds. The lowest BCUT2D eigenvalue weighted by Gasteiger charge is -2.34. The third-order valence-electron chi connectivity index (χ3n) is 3.50. The highest BCUT2D eigenvalue weighted by Crippen LogP contribution is 2.15. The summed E-state index contributed by atoms with van der Waals surface area (Å²) in [5, 5.41) is 9.47. The maximum Gasteiger partial charge on any atom is 0.0564 e. The van der Waals surface area contributed by atoms with Gasteiger partial charge in [0.2, 0.25) is 0 Å². The molecule has 88 valence electrons. The first-order valence-corrected chi connectivity index (χ1v) is 6.22. The van der Waals surface area contributed by atoms with E-state index in [1.165, 1.54) is 5.56 Å². The number of aliphatic hydroxyl groups is 1. The molecule has 1 fully saturated rings. The van der Waals surface area contributed by atoms with Crippen molar-refractivity contribution in [2.24, 2.45) is 0 Å². The lowest BCUT2D eigenvalue weighted by molar-refractivity contribution is 0.0648. The molecule has 0 unspecified atom stereocenters. The van der Waals surface area contributed by atoms with E-state index in [0.717, 1.165) is 32.4 Å². The molecule has 0 aromatic heterocycles. The maximum absolute atomic E-state index is 9.47. The number of nitrogens with zero attached hydrogens (tertiary/aromatic N) is 1. The zero-order chi connectivity index (χ0) is 11.4. The average molecular weight is 219 g/mol. The van der Waals surface area contributed by atoms with Crippen molar-refractivity contribution in [2.75, 3.05) is 13.1 Å².